The largest absolute Gasteiger partial charge is 0.513 e. The molecule has 0 aliphatic heterocycles. The monoisotopic (exact) mass is 766 g/mol. The number of rotatable bonds is 16. The number of benzene rings is 5. The summed E-state index contributed by atoms with van der Waals surface area (Å²) in [4.78, 5) is 42.5. The van der Waals surface area contributed by atoms with E-state index in [0.29, 0.717) is 17.3 Å². The molecule has 1 heterocycles. The van der Waals surface area contributed by atoms with Gasteiger partial charge in [0.1, 0.15) is 41.3 Å². The molecule has 1 aromatic heterocycles. The first-order valence-electron chi connectivity index (χ1n) is 18.1. The molecular weight excluding hydrogens is 725 g/mol. The second kappa shape index (κ2) is 18.8. The van der Waals surface area contributed by atoms with Crippen LogP contribution in [-0.4, -0.2) is 66.2 Å². The smallest absolute Gasteiger partial charge is 0.497 e. The molecule has 3 N–H and O–H groups in total. The first-order chi connectivity index (χ1) is 27.8. The molecule has 1 atom stereocenters. The molecule has 57 heavy (non-hydrogen) atoms. The zero-order chi connectivity index (χ0) is 40.0. The molecule has 290 valence electrons. The highest BCUT2D eigenvalue weighted by Gasteiger charge is 2.40. The maximum absolute atomic E-state index is 13.5. The van der Waals surface area contributed by atoms with Crippen LogP contribution in [0.5, 0.6) is 17.2 Å². The standard InChI is InChI=1S/C45H42N4O8/c1-54-38-28-33(29-39(30-38)55-2)19-18-32-20-22-37(23-21-32)57-44(53)56-27-25-47-42(50)40(48-43(51)52)31-41-46-24-26-49(41)45(34-12-6-3-7-13-34,35-14-8-4-9-15-35)36-16-10-5-11-17-36/h3-24,26,28-30,40,48H,25,27,31H2,1-2H3,(H,47,50)(H,51,52)/b19-18+. The fourth-order valence-corrected chi connectivity index (χ4v) is 6.61. The van der Waals surface area contributed by atoms with Crippen molar-refractivity contribution >= 4 is 30.3 Å². The quantitative estimate of drug-likeness (QED) is 0.0301. The molecule has 2 amide bonds. The number of carboxylic acid groups (broad SMARTS) is 1. The summed E-state index contributed by atoms with van der Waals surface area (Å²) in [5, 5.41) is 14.7. The van der Waals surface area contributed by atoms with Crippen molar-refractivity contribution in [1.29, 1.82) is 0 Å². The average molecular weight is 767 g/mol. The Balaban J connectivity index is 1.10. The van der Waals surface area contributed by atoms with E-state index in [1.54, 1.807) is 50.7 Å². The van der Waals surface area contributed by atoms with Gasteiger partial charge in [-0.05, 0) is 52.1 Å². The number of nitrogens with zero attached hydrogens (tertiary/aromatic N) is 2. The fraction of sp³-hybridized carbons (Fsp3) is 0.156. The minimum Gasteiger partial charge on any atom is -0.497 e. The maximum atomic E-state index is 13.5. The van der Waals surface area contributed by atoms with Crippen molar-refractivity contribution in [3.8, 4) is 17.2 Å². The van der Waals surface area contributed by atoms with Crippen molar-refractivity contribution in [1.82, 2.24) is 20.2 Å². The first kappa shape index (κ1) is 39.4. The molecule has 0 bridgehead atoms. The predicted octanol–water partition coefficient (Wildman–Crippen LogP) is 7.42. The van der Waals surface area contributed by atoms with Gasteiger partial charge >= 0.3 is 12.2 Å². The topological polar surface area (TPSA) is 150 Å². The number of nitrogens with one attached hydrogen (secondary N) is 2. The van der Waals surface area contributed by atoms with E-state index < -0.39 is 29.7 Å². The van der Waals surface area contributed by atoms with Gasteiger partial charge in [0, 0.05) is 24.9 Å². The highest BCUT2D eigenvalue weighted by atomic mass is 16.7. The van der Waals surface area contributed by atoms with E-state index in [0.717, 1.165) is 27.8 Å². The third kappa shape index (κ3) is 9.67. The van der Waals surface area contributed by atoms with Crippen LogP contribution in [0.15, 0.2) is 146 Å². The van der Waals surface area contributed by atoms with Gasteiger partial charge in [0.05, 0.1) is 20.8 Å². The molecule has 0 saturated carbocycles. The van der Waals surface area contributed by atoms with E-state index in [4.69, 9.17) is 18.9 Å². The van der Waals surface area contributed by atoms with Crippen molar-refractivity contribution in [2.24, 2.45) is 0 Å². The molecule has 0 spiro atoms. The number of aromatic nitrogens is 2. The minimum atomic E-state index is -1.38. The van der Waals surface area contributed by atoms with Crippen LogP contribution in [-0.2, 0) is 21.5 Å². The lowest BCUT2D eigenvalue weighted by Crippen LogP contribution is -2.49. The first-order valence-corrected chi connectivity index (χ1v) is 18.1. The Hall–Kier alpha value is -7.34. The summed E-state index contributed by atoms with van der Waals surface area (Å²) in [5.41, 5.74) is 3.65. The molecule has 12 nitrogen and oxygen atoms in total. The number of hydrogen-bond acceptors (Lipinski definition) is 8. The summed E-state index contributed by atoms with van der Waals surface area (Å²) < 4.78 is 23.1. The van der Waals surface area contributed by atoms with Crippen molar-refractivity contribution in [3.63, 3.8) is 0 Å². The second-order valence-electron chi connectivity index (χ2n) is 12.8. The van der Waals surface area contributed by atoms with Gasteiger partial charge in [-0.2, -0.15) is 0 Å². The van der Waals surface area contributed by atoms with Crippen molar-refractivity contribution in [3.05, 3.63) is 179 Å². The molecule has 0 saturated heterocycles. The highest BCUT2D eigenvalue weighted by Crippen LogP contribution is 2.41. The Labute approximate surface area is 330 Å². The van der Waals surface area contributed by atoms with Gasteiger partial charge < -0.3 is 39.3 Å². The molecule has 6 aromatic rings. The van der Waals surface area contributed by atoms with Gasteiger partial charge in [-0.15, -0.1) is 0 Å². The molecular formula is C45H42N4O8. The summed E-state index contributed by atoms with van der Waals surface area (Å²) in [5.74, 6) is 1.45. The number of amides is 2. The van der Waals surface area contributed by atoms with Crippen LogP contribution in [0.2, 0.25) is 0 Å². The molecule has 1 unspecified atom stereocenters. The lowest BCUT2D eigenvalue weighted by atomic mass is 9.76. The fourth-order valence-electron chi connectivity index (χ4n) is 6.61. The third-order valence-electron chi connectivity index (χ3n) is 9.20. The maximum Gasteiger partial charge on any atom is 0.513 e. The zero-order valence-corrected chi connectivity index (χ0v) is 31.4. The molecule has 6 rings (SSSR count). The molecule has 12 heteroatoms. The van der Waals surface area contributed by atoms with Crippen LogP contribution < -0.4 is 24.8 Å². The third-order valence-corrected chi connectivity index (χ3v) is 9.20. The second-order valence-corrected chi connectivity index (χ2v) is 12.8. The SMILES string of the molecule is COc1cc(/C=C/c2ccc(OC(=O)OCCNC(=O)C(Cc3nccn3C(c3ccccc3)(c3ccccc3)c3ccccc3)NC(=O)O)cc2)cc(OC)c1. The summed E-state index contributed by atoms with van der Waals surface area (Å²) in [6, 6.07) is 40.9. The van der Waals surface area contributed by atoms with E-state index in [2.05, 4.69) is 15.6 Å². The number of carbonyl (C=O) groups excluding carboxylic acids is 2. The Kier molecular flexibility index (Phi) is 13.0. The van der Waals surface area contributed by atoms with Gasteiger partial charge in [0.25, 0.3) is 0 Å². The summed E-state index contributed by atoms with van der Waals surface area (Å²) in [6.45, 7) is -0.316. The van der Waals surface area contributed by atoms with Gasteiger partial charge in [0.15, 0.2) is 0 Å². The predicted molar refractivity (Wildman–Crippen MR) is 215 cm³/mol. The van der Waals surface area contributed by atoms with Crippen LogP contribution in [0, 0.1) is 0 Å². The molecule has 0 radical (unpaired) electrons. The van der Waals surface area contributed by atoms with Gasteiger partial charge in [-0.25, -0.2) is 14.6 Å². The average Bonchev–Trinajstić information content (AvgIpc) is 3.71. The van der Waals surface area contributed by atoms with Gasteiger partial charge in [0.2, 0.25) is 5.91 Å². The Morgan fingerprint density at radius 3 is 1.81 bits per heavy atom. The van der Waals surface area contributed by atoms with E-state index >= 15 is 0 Å². The van der Waals surface area contributed by atoms with E-state index in [1.807, 2.05) is 126 Å². The van der Waals surface area contributed by atoms with E-state index in [-0.39, 0.29) is 25.3 Å². The van der Waals surface area contributed by atoms with Gasteiger partial charge in [-0.1, -0.05) is 115 Å². The molecule has 0 fully saturated rings. The molecule has 5 aromatic carbocycles. The van der Waals surface area contributed by atoms with Crippen LogP contribution >= 0.6 is 0 Å². The molecule has 0 aliphatic rings. The number of ether oxygens (including phenoxy) is 4. The Morgan fingerprint density at radius 1 is 0.737 bits per heavy atom. The van der Waals surface area contributed by atoms with Gasteiger partial charge in [-0.3, -0.25) is 4.79 Å². The van der Waals surface area contributed by atoms with Crippen LogP contribution in [0.25, 0.3) is 12.2 Å². The zero-order valence-electron chi connectivity index (χ0n) is 31.4. The van der Waals surface area contributed by atoms with Crippen LogP contribution in [0.3, 0.4) is 0 Å². The summed E-state index contributed by atoms with van der Waals surface area (Å²) in [6.07, 6.45) is 4.85. The normalized spacial score (nSPS) is 11.7. The van der Waals surface area contributed by atoms with Crippen molar-refractivity contribution < 1.29 is 38.4 Å². The van der Waals surface area contributed by atoms with Crippen LogP contribution in [0.4, 0.5) is 9.59 Å². The van der Waals surface area contributed by atoms with E-state index in [1.165, 1.54) is 0 Å². The van der Waals surface area contributed by atoms with E-state index in [9.17, 15) is 19.5 Å². The van der Waals surface area contributed by atoms with Crippen LogP contribution in [0.1, 0.15) is 33.6 Å². The number of methoxy groups -OCH3 is 2. The Bertz CT molecular complexity index is 2160. The Morgan fingerprint density at radius 2 is 1.28 bits per heavy atom. The highest BCUT2D eigenvalue weighted by molar-refractivity contribution is 5.85. The lowest BCUT2D eigenvalue weighted by Gasteiger charge is -2.39. The van der Waals surface area contributed by atoms with Crippen molar-refractivity contribution in [2.45, 2.75) is 18.0 Å². The minimum absolute atomic E-state index is 0.0821. The summed E-state index contributed by atoms with van der Waals surface area (Å²) >= 11 is 0. The number of hydrogen-bond donors (Lipinski definition) is 3. The van der Waals surface area contributed by atoms with Crippen molar-refractivity contribution in [2.75, 3.05) is 27.4 Å². The number of carbonyl (C=O) groups is 3. The lowest BCUT2D eigenvalue weighted by molar-refractivity contribution is -0.123. The summed E-state index contributed by atoms with van der Waals surface area (Å²) in [7, 11) is 3.18. The molecule has 0 aliphatic carbocycles. The number of imidazole rings is 1.